The molecule has 0 aliphatic rings. The van der Waals surface area contributed by atoms with Crippen molar-refractivity contribution >= 4 is 35.8 Å². The standard InChI is InChI=1S/C9H18N2O4.C8H16N2O3.C5H11NO2.C3H7NO2/c1-5(2)3-6(10)9(14)15-4-7(11)8(12)13;1-4(2)6(10)8(12)13-7(11)5(3)9;1-3(2)4(6)5(7)8;1-2(4)3(5)6/h5-7H,3-4,10-11H2,1-2H3,(H,12,13);4-6H,9-10H2,1-3H3;3-4H,6H2,1-2H3,(H,7,8);2H,4H2,1H3,(H,5,6)/t6-,7-;5-,6-;4-;2-/m0000/s1. The topological polar surface area (TPSA) is 338 Å². The molecule has 0 heterocycles. The molecule has 0 aliphatic carbocycles. The van der Waals surface area contributed by atoms with E-state index in [0.29, 0.717) is 6.42 Å². The van der Waals surface area contributed by atoms with E-state index in [1.807, 2.05) is 13.8 Å². The minimum absolute atomic E-state index is 0.0208. The molecule has 42 heavy (non-hydrogen) atoms. The van der Waals surface area contributed by atoms with Crippen molar-refractivity contribution in [2.75, 3.05) is 6.61 Å². The van der Waals surface area contributed by atoms with Gasteiger partial charge in [-0.05, 0) is 38.0 Å². The van der Waals surface area contributed by atoms with E-state index in [2.05, 4.69) is 9.47 Å². The summed E-state index contributed by atoms with van der Waals surface area (Å²) in [7, 11) is 0. The number of esters is 3. The Hall–Kier alpha value is -3.22. The largest absolute Gasteiger partial charge is 0.480 e. The van der Waals surface area contributed by atoms with E-state index in [4.69, 9.17) is 49.7 Å². The fourth-order valence-corrected chi connectivity index (χ4v) is 1.77. The molecular weight excluding hydrogens is 560 g/mol. The van der Waals surface area contributed by atoms with Gasteiger partial charge in [-0.2, -0.15) is 0 Å². The molecule has 0 radical (unpaired) electrons. The van der Waals surface area contributed by atoms with Crippen LogP contribution >= 0.6 is 0 Å². The number of aliphatic carboxylic acids is 3. The third-order valence-corrected chi connectivity index (χ3v) is 4.71. The molecule has 0 saturated carbocycles. The fraction of sp³-hybridized carbons (Fsp3) is 0.760. The fourth-order valence-electron chi connectivity index (χ4n) is 1.77. The Morgan fingerprint density at radius 3 is 1.19 bits per heavy atom. The summed E-state index contributed by atoms with van der Waals surface area (Å²) in [5, 5.41) is 24.5. The molecule has 17 nitrogen and oxygen atoms in total. The molecule has 17 heteroatoms. The molecule has 0 amide bonds. The molecule has 0 aromatic rings. The van der Waals surface area contributed by atoms with E-state index < -0.39 is 72.1 Å². The first kappa shape index (κ1) is 45.8. The number of carboxylic acids is 3. The lowest BCUT2D eigenvalue weighted by Crippen LogP contribution is -2.41. The van der Waals surface area contributed by atoms with E-state index >= 15 is 0 Å². The van der Waals surface area contributed by atoms with Gasteiger partial charge in [-0.25, -0.2) is 9.59 Å². The smallest absolute Gasteiger partial charge is 0.330 e. The summed E-state index contributed by atoms with van der Waals surface area (Å²) in [4.78, 5) is 63.0. The summed E-state index contributed by atoms with van der Waals surface area (Å²) in [6.45, 7) is 13.5. The summed E-state index contributed by atoms with van der Waals surface area (Å²) in [5.41, 5.74) is 31.3. The number of carboxylic acid groups (broad SMARTS) is 3. The monoisotopic (exact) mass is 612 g/mol. The van der Waals surface area contributed by atoms with Gasteiger partial charge >= 0.3 is 35.8 Å². The first-order valence-corrected chi connectivity index (χ1v) is 13.0. The minimum Gasteiger partial charge on any atom is -0.480 e. The predicted molar refractivity (Wildman–Crippen MR) is 153 cm³/mol. The maximum atomic E-state index is 11.2. The van der Waals surface area contributed by atoms with Gasteiger partial charge in [0, 0.05) is 0 Å². The van der Waals surface area contributed by atoms with E-state index in [1.54, 1.807) is 27.7 Å². The average Bonchev–Trinajstić information content (AvgIpc) is 2.86. The first-order chi connectivity index (χ1) is 18.9. The molecule has 0 aromatic carbocycles. The average molecular weight is 613 g/mol. The zero-order chi connectivity index (χ0) is 34.5. The maximum Gasteiger partial charge on any atom is 0.330 e. The highest BCUT2D eigenvalue weighted by atomic mass is 16.6. The molecular formula is C25H52N6O11. The lowest BCUT2D eigenvalue weighted by atomic mass is 10.1. The van der Waals surface area contributed by atoms with Crippen LogP contribution in [0.15, 0.2) is 0 Å². The van der Waals surface area contributed by atoms with E-state index in [1.165, 1.54) is 13.8 Å². The van der Waals surface area contributed by atoms with Crippen LogP contribution in [0.3, 0.4) is 0 Å². The number of nitrogens with two attached hydrogens (primary N) is 6. The van der Waals surface area contributed by atoms with Crippen LogP contribution in [-0.4, -0.2) is 94.0 Å². The van der Waals surface area contributed by atoms with Crippen molar-refractivity contribution in [1.82, 2.24) is 0 Å². The van der Waals surface area contributed by atoms with Crippen molar-refractivity contribution < 1.29 is 53.6 Å². The van der Waals surface area contributed by atoms with Crippen LogP contribution in [0.4, 0.5) is 0 Å². The number of ether oxygens (including phenoxy) is 2. The summed E-state index contributed by atoms with van der Waals surface area (Å²) < 4.78 is 9.07. The second-order valence-electron chi connectivity index (χ2n) is 10.3. The Balaban J connectivity index is -0.000000243. The number of carbonyl (C=O) groups is 6. The van der Waals surface area contributed by atoms with Gasteiger partial charge in [0.25, 0.3) is 0 Å². The van der Waals surface area contributed by atoms with Crippen LogP contribution in [-0.2, 0) is 38.2 Å². The van der Waals surface area contributed by atoms with Gasteiger partial charge in [0.1, 0.15) is 42.9 Å². The highest BCUT2D eigenvalue weighted by Crippen LogP contribution is 2.04. The number of hydrogen-bond donors (Lipinski definition) is 9. The van der Waals surface area contributed by atoms with Crippen molar-refractivity contribution in [2.45, 2.75) is 98.1 Å². The van der Waals surface area contributed by atoms with Crippen LogP contribution in [0.5, 0.6) is 0 Å². The zero-order valence-corrected chi connectivity index (χ0v) is 25.7. The number of carbonyl (C=O) groups excluding carboxylic acids is 3. The number of hydrogen-bond acceptors (Lipinski definition) is 14. The van der Waals surface area contributed by atoms with Crippen LogP contribution in [0, 0.1) is 17.8 Å². The van der Waals surface area contributed by atoms with Crippen molar-refractivity contribution in [3.8, 4) is 0 Å². The van der Waals surface area contributed by atoms with Gasteiger partial charge in [0.05, 0.1) is 0 Å². The van der Waals surface area contributed by atoms with Crippen molar-refractivity contribution in [3.05, 3.63) is 0 Å². The quantitative estimate of drug-likeness (QED) is 0.0864. The Kier molecular flexibility index (Phi) is 26.6. The molecule has 0 unspecified atom stereocenters. The van der Waals surface area contributed by atoms with Crippen molar-refractivity contribution in [2.24, 2.45) is 52.2 Å². The Morgan fingerprint density at radius 1 is 0.548 bits per heavy atom. The molecule has 0 bridgehead atoms. The Labute approximate surface area is 246 Å². The SMILES string of the molecule is CC(C)C[C@H](N)C(=O)OC[C@H](N)C(=O)O.CC(C)[C@H](N)C(=O)O.CC(C)[C@H](N)C(=O)OC(=O)[C@H](C)N.C[C@H](N)C(=O)O. The predicted octanol–water partition coefficient (Wildman–Crippen LogP) is -1.83. The Morgan fingerprint density at radius 2 is 0.952 bits per heavy atom. The van der Waals surface area contributed by atoms with Gasteiger partial charge in [-0.15, -0.1) is 0 Å². The first-order valence-electron chi connectivity index (χ1n) is 13.0. The second-order valence-corrected chi connectivity index (χ2v) is 10.3. The van der Waals surface area contributed by atoms with Crippen LogP contribution in [0.2, 0.25) is 0 Å². The molecule has 0 fully saturated rings. The summed E-state index contributed by atoms with van der Waals surface area (Å²) in [5.74, 6) is -4.95. The molecule has 0 rings (SSSR count). The van der Waals surface area contributed by atoms with Gasteiger partial charge in [-0.3, -0.25) is 19.2 Å². The summed E-state index contributed by atoms with van der Waals surface area (Å²) in [6.07, 6.45) is 0.501. The second kappa shape index (κ2) is 24.4. The lowest BCUT2D eigenvalue weighted by molar-refractivity contribution is -0.162. The molecule has 6 atom stereocenters. The van der Waals surface area contributed by atoms with Gasteiger partial charge in [-0.1, -0.05) is 41.5 Å². The minimum atomic E-state index is -1.21. The third-order valence-electron chi connectivity index (χ3n) is 4.71. The van der Waals surface area contributed by atoms with Crippen molar-refractivity contribution in [3.63, 3.8) is 0 Å². The van der Waals surface area contributed by atoms with E-state index in [0.717, 1.165) is 0 Å². The molecule has 0 spiro atoms. The summed E-state index contributed by atoms with van der Waals surface area (Å²) in [6, 6.07) is -4.93. The molecule has 0 aliphatic heterocycles. The van der Waals surface area contributed by atoms with Gasteiger partial charge in [0.2, 0.25) is 0 Å². The molecule has 15 N–H and O–H groups in total. The van der Waals surface area contributed by atoms with Crippen LogP contribution in [0.1, 0.15) is 61.8 Å². The lowest BCUT2D eigenvalue weighted by Gasteiger charge is -2.14. The van der Waals surface area contributed by atoms with E-state index in [9.17, 15) is 28.8 Å². The molecule has 248 valence electrons. The van der Waals surface area contributed by atoms with Gasteiger partial charge in [0.15, 0.2) is 0 Å². The number of rotatable bonds is 12. The Bertz CT molecular complexity index is 836. The van der Waals surface area contributed by atoms with E-state index in [-0.39, 0.29) is 24.4 Å². The normalized spacial score (nSPS) is 14.6. The highest BCUT2D eigenvalue weighted by molar-refractivity contribution is 5.90. The molecule has 0 saturated heterocycles. The molecule has 0 aromatic heterocycles. The van der Waals surface area contributed by atoms with Crippen LogP contribution in [0.25, 0.3) is 0 Å². The van der Waals surface area contributed by atoms with Crippen molar-refractivity contribution in [1.29, 1.82) is 0 Å². The van der Waals surface area contributed by atoms with Crippen LogP contribution < -0.4 is 34.4 Å². The highest BCUT2D eigenvalue weighted by Gasteiger charge is 2.23. The maximum absolute atomic E-state index is 11.2. The third kappa shape index (κ3) is 27.0. The van der Waals surface area contributed by atoms with Gasteiger partial charge < -0.3 is 59.2 Å². The summed E-state index contributed by atoms with van der Waals surface area (Å²) >= 11 is 0. The zero-order valence-electron chi connectivity index (χ0n) is 25.7.